The summed E-state index contributed by atoms with van der Waals surface area (Å²) in [5, 5.41) is 10.8. The SMILES string of the molecule is CC(C)CNC(=O)CN(C)S(=O)(=O)C1CCCC1C(=O)O. The summed E-state index contributed by atoms with van der Waals surface area (Å²) in [4.78, 5) is 22.8. The van der Waals surface area contributed by atoms with Crippen molar-refractivity contribution in [2.24, 2.45) is 11.8 Å². The molecular weight excluding hydrogens is 296 g/mol. The maximum absolute atomic E-state index is 12.4. The zero-order chi connectivity index (χ0) is 16.2. The van der Waals surface area contributed by atoms with Crippen LogP contribution in [0.3, 0.4) is 0 Å². The van der Waals surface area contributed by atoms with Crippen LogP contribution < -0.4 is 5.32 Å². The van der Waals surface area contributed by atoms with E-state index in [-0.39, 0.29) is 18.4 Å². The standard InChI is InChI=1S/C13H24N2O5S/c1-9(2)7-14-12(16)8-15(3)21(19,20)11-6-4-5-10(11)13(17)18/h9-11H,4-8H2,1-3H3,(H,14,16)(H,17,18). The van der Waals surface area contributed by atoms with Gasteiger partial charge in [0.15, 0.2) is 0 Å². The third kappa shape index (κ3) is 4.67. The number of hydrogen-bond donors (Lipinski definition) is 2. The molecule has 2 atom stereocenters. The van der Waals surface area contributed by atoms with Crippen LogP contribution in [-0.4, -0.2) is 55.1 Å². The van der Waals surface area contributed by atoms with E-state index in [0.29, 0.717) is 25.8 Å². The number of aliphatic carboxylic acids is 1. The van der Waals surface area contributed by atoms with E-state index in [1.54, 1.807) is 0 Å². The van der Waals surface area contributed by atoms with Crippen LogP contribution in [0.2, 0.25) is 0 Å². The summed E-state index contributed by atoms with van der Waals surface area (Å²) in [6.07, 6.45) is 1.28. The molecule has 0 radical (unpaired) electrons. The van der Waals surface area contributed by atoms with Crippen molar-refractivity contribution < 1.29 is 23.1 Å². The number of carbonyl (C=O) groups excluding carboxylic acids is 1. The monoisotopic (exact) mass is 320 g/mol. The van der Waals surface area contributed by atoms with Gasteiger partial charge in [-0.1, -0.05) is 20.3 Å². The van der Waals surface area contributed by atoms with E-state index in [9.17, 15) is 18.0 Å². The minimum Gasteiger partial charge on any atom is -0.481 e. The van der Waals surface area contributed by atoms with Gasteiger partial charge >= 0.3 is 5.97 Å². The Hall–Kier alpha value is -1.15. The number of hydrogen-bond acceptors (Lipinski definition) is 4. The average Bonchev–Trinajstić information content (AvgIpc) is 2.86. The maximum Gasteiger partial charge on any atom is 0.307 e. The number of nitrogens with zero attached hydrogens (tertiary/aromatic N) is 1. The van der Waals surface area contributed by atoms with E-state index in [2.05, 4.69) is 5.32 Å². The van der Waals surface area contributed by atoms with Gasteiger partial charge in [0.1, 0.15) is 0 Å². The predicted molar refractivity (Wildman–Crippen MR) is 78.2 cm³/mol. The van der Waals surface area contributed by atoms with E-state index >= 15 is 0 Å². The molecule has 0 heterocycles. The zero-order valence-electron chi connectivity index (χ0n) is 12.7. The van der Waals surface area contributed by atoms with Gasteiger partial charge in [0.25, 0.3) is 0 Å². The lowest BCUT2D eigenvalue weighted by atomic mass is 10.1. The molecule has 122 valence electrons. The molecule has 0 aromatic heterocycles. The number of sulfonamides is 1. The average molecular weight is 320 g/mol. The maximum atomic E-state index is 12.4. The fourth-order valence-corrected chi connectivity index (χ4v) is 4.35. The lowest BCUT2D eigenvalue weighted by molar-refractivity contribution is -0.141. The highest BCUT2D eigenvalue weighted by Gasteiger charge is 2.43. The van der Waals surface area contributed by atoms with Crippen molar-refractivity contribution in [3.63, 3.8) is 0 Å². The molecule has 0 spiro atoms. The molecule has 8 heteroatoms. The molecule has 0 saturated heterocycles. The highest BCUT2D eigenvalue weighted by Crippen LogP contribution is 2.32. The molecule has 2 N–H and O–H groups in total. The molecule has 1 saturated carbocycles. The summed E-state index contributed by atoms with van der Waals surface area (Å²) in [5.41, 5.74) is 0. The molecule has 0 aliphatic heterocycles. The fourth-order valence-electron chi connectivity index (χ4n) is 2.46. The van der Waals surface area contributed by atoms with Gasteiger partial charge in [0.2, 0.25) is 15.9 Å². The van der Waals surface area contributed by atoms with Crippen molar-refractivity contribution in [3.05, 3.63) is 0 Å². The van der Waals surface area contributed by atoms with Crippen molar-refractivity contribution in [2.75, 3.05) is 20.1 Å². The van der Waals surface area contributed by atoms with E-state index in [4.69, 9.17) is 5.11 Å². The van der Waals surface area contributed by atoms with E-state index < -0.39 is 27.2 Å². The molecule has 1 amide bonds. The highest BCUT2D eigenvalue weighted by atomic mass is 32.2. The number of carboxylic acids is 1. The molecule has 2 unspecified atom stereocenters. The number of carbonyl (C=O) groups is 2. The molecule has 1 fully saturated rings. The minimum absolute atomic E-state index is 0.280. The second kappa shape index (κ2) is 7.22. The summed E-state index contributed by atoms with van der Waals surface area (Å²) in [7, 11) is -2.45. The van der Waals surface area contributed by atoms with Gasteiger partial charge in [0, 0.05) is 13.6 Å². The molecule has 21 heavy (non-hydrogen) atoms. The Bertz CT molecular complexity index is 489. The summed E-state index contributed by atoms with van der Waals surface area (Å²) in [6.45, 7) is 4.08. The van der Waals surface area contributed by atoms with Crippen LogP contribution in [0.4, 0.5) is 0 Å². The molecule has 0 bridgehead atoms. The second-order valence-electron chi connectivity index (χ2n) is 5.91. The van der Waals surface area contributed by atoms with E-state index in [1.807, 2.05) is 13.8 Å². The molecular formula is C13H24N2O5S. The highest BCUT2D eigenvalue weighted by molar-refractivity contribution is 7.89. The van der Waals surface area contributed by atoms with Gasteiger partial charge in [-0.25, -0.2) is 8.42 Å². The Balaban J connectivity index is 2.69. The minimum atomic E-state index is -3.77. The number of rotatable bonds is 7. The topological polar surface area (TPSA) is 104 Å². The predicted octanol–water partition coefficient (Wildman–Crippen LogP) is 0.274. The largest absolute Gasteiger partial charge is 0.481 e. The van der Waals surface area contributed by atoms with Crippen molar-refractivity contribution in [3.8, 4) is 0 Å². The first kappa shape index (κ1) is 17.9. The van der Waals surface area contributed by atoms with E-state index in [1.165, 1.54) is 7.05 Å². The smallest absolute Gasteiger partial charge is 0.307 e. The third-order valence-electron chi connectivity index (χ3n) is 3.66. The van der Waals surface area contributed by atoms with Crippen molar-refractivity contribution in [2.45, 2.75) is 38.4 Å². The van der Waals surface area contributed by atoms with Crippen LogP contribution in [0.1, 0.15) is 33.1 Å². The normalized spacial score (nSPS) is 22.7. The Labute approximate surface area is 125 Å². The van der Waals surface area contributed by atoms with Crippen molar-refractivity contribution >= 4 is 21.9 Å². The summed E-state index contributed by atoms with van der Waals surface area (Å²) >= 11 is 0. The lowest BCUT2D eigenvalue weighted by Crippen LogP contribution is -2.45. The number of nitrogens with one attached hydrogen (secondary N) is 1. The van der Waals surface area contributed by atoms with Crippen LogP contribution in [-0.2, 0) is 19.6 Å². The summed E-state index contributed by atoms with van der Waals surface area (Å²) in [5.74, 6) is -2.06. The van der Waals surface area contributed by atoms with Crippen molar-refractivity contribution in [1.82, 2.24) is 9.62 Å². The van der Waals surface area contributed by atoms with Crippen LogP contribution >= 0.6 is 0 Å². The van der Waals surface area contributed by atoms with Crippen LogP contribution in [0.25, 0.3) is 0 Å². The van der Waals surface area contributed by atoms with Gasteiger partial charge < -0.3 is 10.4 Å². The number of amides is 1. The zero-order valence-corrected chi connectivity index (χ0v) is 13.5. The Morgan fingerprint density at radius 3 is 2.48 bits per heavy atom. The lowest BCUT2D eigenvalue weighted by Gasteiger charge is -2.23. The quantitative estimate of drug-likeness (QED) is 0.701. The molecule has 1 rings (SSSR count). The first-order chi connectivity index (χ1) is 9.66. The van der Waals surface area contributed by atoms with Crippen LogP contribution in [0, 0.1) is 11.8 Å². The molecule has 7 nitrogen and oxygen atoms in total. The third-order valence-corrected chi connectivity index (χ3v) is 5.99. The van der Waals surface area contributed by atoms with Crippen LogP contribution in [0.15, 0.2) is 0 Å². The number of carboxylic acid groups (broad SMARTS) is 1. The first-order valence-electron chi connectivity index (χ1n) is 7.11. The first-order valence-corrected chi connectivity index (χ1v) is 8.61. The van der Waals surface area contributed by atoms with Gasteiger partial charge in [0.05, 0.1) is 17.7 Å². The Kier molecular flexibility index (Phi) is 6.15. The molecule has 1 aliphatic rings. The van der Waals surface area contributed by atoms with Gasteiger partial charge in [-0.2, -0.15) is 4.31 Å². The van der Waals surface area contributed by atoms with E-state index in [0.717, 1.165) is 4.31 Å². The molecule has 1 aliphatic carbocycles. The van der Waals surface area contributed by atoms with Gasteiger partial charge in [-0.05, 0) is 18.8 Å². The summed E-state index contributed by atoms with van der Waals surface area (Å²) in [6, 6.07) is 0. The fraction of sp³-hybridized carbons (Fsp3) is 0.846. The Morgan fingerprint density at radius 2 is 1.95 bits per heavy atom. The molecule has 0 aromatic rings. The van der Waals surface area contributed by atoms with Crippen LogP contribution in [0.5, 0.6) is 0 Å². The van der Waals surface area contributed by atoms with Crippen molar-refractivity contribution in [1.29, 1.82) is 0 Å². The Morgan fingerprint density at radius 1 is 1.33 bits per heavy atom. The molecule has 0 aromatic carbocycles. The van der Waals surface area contributed by atoms with Gasteiger partial charge in [-0.15, -0.1) is 0 Å². The van der Waals surface area contributed by atoms with Gasteiger partial charge in [-0.3, -0.25) is 9.59 Å². The number of likely N-dealkylation sites (N-methyl/N-ethyl adjacent to an activating group) is 1. The summed E-state index contributed by atoms with van der Waals surface area (Å²) < 4.78 is 25.8. The second-order valence-corrected chi connectivity index (χ2v) is 8.17.